The summed E-state index contributed by atoms with van der Waals surface area (Å²) < 4.78 is 0. The van der Waals surface area contributed by atoms with Crippen molar-refractivity contribution in [3.05, 3.63) is 48.0 Å². The fourth-order valence-corrected chi connectivity index (χ4v) is 1.58. The van der Waals surface area contributed by atoms with E-state index in [2.05, 4.69) is 6.58 Å². The lowest BCUT2D eigenvalue weighted by molar-refractivity contribution is -0.123. The summed E-state index contributed by atoms with van der Waals surface area (Å²) in [6, 6.07) is 8.53. The van der Waals surface area contributed by atoms with E-state index in [-0.39, 0.29) is 23.8 Å². The van der Waals surface area contributed by atoms with Crippen LogP contribution in [0.1, 0.15) is 30.6 Å². The number of hydrogen-bond acceptors (Lipinski definition) is 3. The maximum Gasteiger partial charge on any atom is 0.173 e. The Morgan fingerprint density at radius 1 is 1.11 bits per heavy atom. The van der Waals surface area contributed by atoms with Crippen LogP contribution in [-0.4, -0.2) is 17.3 Å². The molecule has 0 spiro atoms. The first-order valence-electron chi connectivity index (χ1n) is 5.72. The predicted molar refractivity (Wildman–Crippen MR) is 69.4 cm³/mol. The molecular weight excluding hydrogens is 228 g/mol. The van der Waals surface area contributed by atoms with Gasteiger partial charge in [0.1, 0.15) is 5.78 Å². The summed E-state index contributed by atoms with van der Waals surface area (Å²) >= 11 is 0. The van der Waals surface area contributed by atoms with Crippen molar-refractivity contribution in [2.45, 2.75) is 20.3 Å². The fraction of sp³-hybridized carbons (Fsp3) is 0.267. The number of carbonyl (C=O) groups is 3. The molecule has 0 fully saturated rings. The van der Waals surface area contributed by atoms with Crippen LogP contribution in [0, 0.1) is 5.92 Å². The van der Waals surface area contributed by atoms with Crippen LogP contribution in [0.4, 0.5) is 0 Å². The topological polar surface area (TPSA) is 51.2 Å². The number of hydrogen-bond donors (Lipinski definition) is 0. The molecule has 0 aromatic heterocycles. The van der Waals surface area contributed by atoms with Crippen LogP contribution in [0.25, 0.3) is 0 Å². The zero-order valence-electron chi connectivity index (χ0n) is 10.6. The van der Waals surface area contributed by atoms with Gasteiger partial charge in [0.05, 0.1) is 5.92 Å². The Balaban J connectivity index is 2.93. The molecule has 0 aliphatic rings. The quantitative estimate of drug-likeness (QED) is 0.439. The van der Waals surface area contributed by atoms with Crippen molar-refractivity contribution in [3.8, 4) is 0 Å². The second-order valence-electron chi connectivity index (χ2n) is 4.30. The second-order valence-corrected chi connectivity index (χ2v) is 4.30. The van der Waals surface area contributed by atoms with Gasteiger partial charge in [0.15, 0.2) is 11.6 Å². The third-order valence-corrected chi connectivity index (χ3v) is 2.73. The van der Waals surface area contributed by atoms with Gasteiger partial charge in [0.2, 0.25) is 0 Å². The molecule has 1 aromatic rings. The van der Waals surface area contributed by atoms with E-state index in [1.54, 1.807) is 37.3 Å². The molecule has 94 valence electrons. The lowest BCUT2D eigenvalue weighted by atomic mass is 9.88. The second kappa shape index (κ2) is 6.05. The minimum atomic E-state index is -0.906. The number of ketones is 3. The molecule has 1 unspecified atom stereocenters. The summed E-state index contributed by atoms with van der Waals surface area (Å²) in [5.74, 6) is -1.76. The maximum atomic E-state index is 12.1. The molecule has 1 atom stereocenters. The standard InChI is InChI=1S/C15H16O3/c1-10(2)14(17)9-13(11(3)16)15(18)12-7-5-4-6-8-12/h4-8,13H,1,9H2,2-3H3. The molecule has 0 N–H and O–H groups in total. The van der Waals surface area contributed by atoms with Crippen molar-refractivity contribution in [2.75, 3.05) is 0 Å². The molecule has 0 saturated carbocycles. The monoisotopic (exact) mass is 244 g/mol. The first kappa shape index (κ1) is 14.0. The van der Waals surface area contributed by atoms with Crippen LogP contribution >= 0.6 is 0 Å². The van der Waals surface area contributed by atoms with E-state index in [0.717, 1.165) is 0 Å². The third-order valence-electron chi connectivity index (χ3n) is 2.73. The van der Waals surface area contributed by atoms with E-state index in [1.807, 2.05) is 0 Å². The van der Waals surface area contributed by atoms with Crippen molar-refractivity contribution in [2.24, 2.45) is 5.92 Å². The highest BCUT2D eigenvalue weighted by molar-refractivity contribution is 6.13. The normalized spacial score (nSPS) is 11.7. The van der Waals surface area contributed by atoms with Crippen LogP contribution in [0.2, 0.25) is 0 Å². The zero-order valence-corrected chi connectivity index (χ0v) is 10.6. The van der Waals surface area contributed by atoms with Gasteiger partial charge in [-0.05, 0) is 19.4 Å². The fourth-order valence-electron chi connectivity index (χ4n) is 1.58. The molecule has 1 rings (SSSR count). The average molecular weight is 244 g/mol. The Morgan fingerprint density at radius 3 is 2.11 bits per heavy atom. The summed E-state index contributed by atoms with van der Waals surface area (Å²) in [4.78, 5) is 35.2. The molecule has 0 aliphatic heterocycles. The van der Waals surface area contributed by atoms with E-state index in [0.29, 0.717) is 11.1 Å². The first-order chi connectivity index (χ1) is 8.43. The van der Waals surface area contributed by atoms with Gasteiger partial charge in [-0.1, -0.05) is 36.9 Å². The lowest BCUT2D eigenvalue weighted by Gasteiger charge is -2.11. The van der Waals surface area contributed by atoms with Crippen molar-refractivity contribution in [1.29, 1.82) is 0 Å². The number of allylic oxidation sites excluding steroid dienone is 1. The van der Waals surface area contributed by atoms with Crippen molar-refractivity contribution in [3.63, 3.8) is 0 Å². The number of carbonyl (C=O) groups excluding carboxylic acids is 3. The van der Waals surface area contributed by atoms with Crippen LogP contribution in [0.5, 0.6) is 0 Å². The summed E-state index contributed by atoms with van der Waals surface area (Å²) in [5, 5.41) is 0. The van der Waals surface area contributed by atoms with Gasteiger partial charge in [0.25, 0.3) is 0 Å². The minimum absolute atomic E-state index is 0.0988. The van der Waals surface area contributed by atoms with Crippen LogP contribution in [0.3, 0.4) is 0 Å². The Labute approximate surface area is 107 Å². The third kappa shape index (κ3) is 3.48. The molecule has 0 radical (unpaired) electrons. The summed E-state index contributed by atoms with van der Waals surface area (Å²) in [7, 11) is 0. The molecule has 3 nitrogen and oxygen atoms in total. The molecule has 18 heavy (non-hydrogen) atoms. The molecule has 0 saturated heterocycles. The highest BCUT2D eigenvalue weighted by Gasteiger charge is 2.27. The Kier molecular flexibility index (Phi) is 4.72. The highest BCUT2D eigenvalue weighted by atomic mass is 16.2. The summed E-state index contributed by atoms with van der Waals surface area (Å²) in [6.45, 7) is 6.43. The van der Waals surface area contributed by atoms with E-state index < -0.39 is 5.92 Å². The van der Waals surface area contributed by atoms with Crippen LogP contribution < -0.4 is 0 Å². The van der Waals surface area contributed by atoms with Crippen molar-refractivity contribution < 1.29 is 14.4 Å². The largest absolute Gasteiger partial charge is 0.299 e. The van der Waals surface area contributed by atoms with Crippen LogP contribution in [0.15, 0.2) is 42.5 Å². The van der Waals surface area contributed by atoms with Gasteiger partial charge < -0.3 is 0 Å². The minimum Gasteiger partial charge on any atom is -0.299 e. The van der Waals surface area contributed by atoms with E-state index in [9.17, 15) is 14.4 Å². The zero-order chi connectivity index (χ0) is 13.7. The van der Waals surface area contributed by atoms with Gasteiger partial charge in [-0.2, -0.15) is 0 Å². The number of rotatable bonds is 6. The van der Waals surface area contributed by atoms with Gasteiger partial charge in [-0.25, -0.2) is 0 Å². The smallest absolute Gasteiger partial charge is 0.173 e. The molecule has 1 aromatic carbocycles. The number of Topliss-reactive ketones (excluding diaryl/α,β-unsaturated/α-hetero) is 3. The Bertz CT molecular complexity index is 486. The SMILES string of the molecule is C=C(C)C(=O)CC(C(C)=O)C(=O)c1ccccc1. The van der Waals surface area contributed by atoms with E-state index in [4.69, 9.17) is 0 Å². The Hall–Kier alpha value is -2.03. The van der Waals surface area contributed by atoms with Gasteiger partial charge in [-0.15, -0.1) is 0 Å². The average Bonchev–Trinajstić information content (AvgIpc) is 2.35. The first-order valence-corrected chi connectivity index (χ1v) is 5.72. The Morgan fingerprint density at radius 2 is 1.67 bits per heavy atom. The highest BCUT2D eigenvalue weighted by Crippen LogP contribution is 2.16. The number of benzene rings is 1. The van der Waals surface area contributed by atoms with Crippen molar-refractivity contribution in [1.82, 2.24) is 0 Å². The van der Waals surface area contributed by atoms with E-state index in [1.165, 1.54) is 6.92 Å². The van der Waals surface area contributed by atoms with E-state index >= 15 is 0 Å². The maximum absolute atomic E-state index is 12.1. The molecule has 0 aliphatic carbocycles. The van der Waals surface area contributed by atoms with Crippen molar-refractivity contribution >= 4 is 17.3 Å². The van der Waals surface area contributed by atoms with Gasteiger partial charge in [-0.3, -0.25) is 14.4 Å². The summed E-state index contributed by atoms with van der Waals surface area (Å²) in [6.07, 6.45) is -0.0988. The van der Waals surface area contributed by atoms with Crippen LogP contribution in [-0.2, 0) is 9.59 Å². The molecule has 3 heteroatoms. The molecule has 0 amide bonds. The van der Waals surface area contributed by atoms with Gasteiger partial charge >= 0.3 is 0 Å². The molecular formula is C15H16O3. The molecule has 0 bridgehead atoms. The summed E-state index contributed by atoms with van der Waals surface area (Å²) in [5.41, 5.74) is 0.814. The lowest BCUT2D eigenvalue weighted by Crippen LogP contribution is -2.25. The van der Waals surface area contributed by atoms with Gasteiger partial charge in [0, 0.05) is 12.0 Å². The predicted octanol–water partition coefficient (Wildman–Crippen LogP) is 2.61. The molecule has 0 heterocycles.